The molecule has 32 heavy (non-hydrogen) atoms. The predicted octanol–water partition coefficient (Wildman–Crippen LogP) is 6.17. The lowest BCUT2D eigenvalue weighted by Gasteiger charge is -2.29. The van der Waals surface area contributed by atoms with E-state index in [1.807, 2.05) is 0 Å². The van der Waals surface area contributed by atoms with Gasteiger partial charge in [0, 0.05) is 12.5 Å². The Labute approximate surface area is 193 Å². The summed E-state index contributed by atoms with van der Waals surface area (Å²) in [7, 11) is 0. The standard InChI is InChI=1S/C27H40O5/c1-2-26(28)30-18-7-5-3-4-6-9-22-10-12-23(13-11-22)24-14-16-25(17-15-24)29-19-8-20-31-27-21-32-27/h2,14-17,22-23,27H,1,3-13,18-21H2. The highest BCUT2D eigenvalue weighted by atomic mass is 16.8. The number of hydrogen-bond donors (Lipinski definition) is 0. The smallest absolute Gasteiger partial charge is 0.330 e. The molecule has 2 aliphatic rings. The zero-order valence-electron chi connectivity index (χ0n) is 19.5. The maximum absolute atomic E-state index is 11.0. The fourth-order valence-corrected chi connectivity index (χ4v) is 4.52. The molecule has 1 atom stereocenters. The van der Waals surface area contributed by atoms with Crippen molar-refractivity contribution in [3.05, 3.63) is 42.5 Å². The number of epoxide rings is 1. The average molecular weight is 445 g/mol. The first kappa shape index (κ1) is 24.8. The van der Waals surface area contributed by atoms with E-state index in [0.29, 0.717) is 25.7 Å². The van der Waals surface area contributed by atoms with Crippen molar-refractivity contribution in [1.29, 1.82) is 0 Å². The van der Waals surface area contributed by atoms with Crippen LogP contribution >= 0.6 is 0 Å². The predicted molar refractivity (Wildman–Crippen MR) is 126 cm³/mol. The molecular weight excluding hydrogens is 404 g/mol. The first-order valence-electron chi connectivity index (χ1n) is 12.5. The van der Waals surface area contributed by atoms with Gasteiger partial charge in [0.15, 0.2) is 6.29 Å². The fourth-order valence-electron chi connectivity index (χ4n) is 4.52. The molecule has 2 fully saturated rings. The second kappa shape index (κ2) is 14.3. The molecule has 0 N–H and O–H groups in total. The van der Waals surface area contributed by atoms with E-state index < -0.39 is 0 Å². The molecule has 3 rings (SSSR count). The molecule has 0 spiro atoms. The van der Waals surface area contributed by atoms with Gasteiger partial charge in [0.05, 0.1) is 19.8 Å². The molecule has 1 aromatic rings. The van der Waals surface area contributed by atoms with Crippen LogP contribution in [0.15, 0.2) is 36.9 Å². The number of hydrogen-bond acceptors (Lipinski definition) is 5. The summed E-state index contributed by atoms with van der Waals surface area (Å²) in [6, 6.07) is 8.73. The van der Waals surface area contributed by atoms with E-state index in [-0.39, 0.29) is 12.3 Å². The molecular formula is C27H40O5. The summed E-state index contributed by atoms with van der Waals surface area (Å²) in [4.78, 5) is 11.0. The molecule has 0 amide bonds. The largest absolute Gasteiger partial charge is 0.494 e. The van der Waals surface area contributed by atoms with Crippen LogP contribution in [-0.4, -0.2) is 38.7 Å². The molecule has 5 nitrogen and oxygen atoms in total. The topological polar surface area (TPSA) is 57.3 Å². The summed E-state index contributed by atoms with van der Waals surface area (Å²) < 4.78 is 21.3. The van der Waals surface area contributed by atoms with E-state index >= 15 is 0 Å². The van der Waals surface area contributed by atoms with Crippen molar-refractivity contribution in [2.75, 3.05) is 26.4 Å². The van der Waals surface area contributed by atoms with Crippen LogP contribution in [0.5, 0.6) is 5.75 Å². The van der Waals surface area contributed by atoms with Crippen LogP contribution in [0.25, 0.3) is 0 Å². The van der Waals surface area contributed by atoms with Gasteiger partial charge in [-0.25, -0.2) is 4.79 Å². The van der Waals surface area contributed by atoms with Gasteiger partial charge in [0.25, 0.3) is 0 Å². The third-order valence-corrected chi connectivity index (χ3v) is 6.53. The van der Waals surface area contributed by atoms with Gasteiger partial charge in [-0.2, -0.15) is 0 Å². The number of unbranched alkanes of at least 4 members (excludes halogenated alkanes) is 4. The van der Waals surface area contributed by atoms with Crippen molar-refractivity contribution in [3.63, 3.8) is 0 Å². The minimum Gasteiger partial charge on any atom is -0.494 e. The van der Waals surface area contributed by atoms with Crippen molar-refractivity contribution >= 4 is 5.97 Å². The molecule has 5 heteroatoms. The number of esters is 1. The third kappa shape index (κ3) is 9.74. The first-order chi connectivity index (χ1) is 15.7. The minimum atomic E-state index is -0.314. The second-order valence-corrected chi connectivity index (χ2v) is 9.05. The molecule has 178 valence electrons. The van der Waals surface area contributed by atoms with E-state index in [4.69, 9.17) is 18.9 Å². The lowest BCUT2D eigenvalue weighted by atomic mass is 9.77. The molecule has 0 radical (unpaired) electrons. The minimum absolute atomic E-state index is 0.0383. The van der Waals surface area contributed by atoms with Crippen LogP contribution in [0.2, 0.25) is 0 Å². The zero-order valence-corrected chi connectivity index (χ0v) is 19.5. The highest BCUT2D eigenvalue weighted by molar-refractivity contribution is 5.81. The number of ether oxygens (including phenoxy) is 4. The van der Waals surface area contributed by atoms with Gasteiger partial charge < -0.3 is 18.9 Å². The maximum Gasteiger partial charge on any atom is 0.330 e. The van der Waals surface area contributed by atoms with Crippen LogP contribution in [0, 0.1) is 5.92 Å². The van der Waals surface area contributed by atoms with Gasteiger partial charge in [-0.1, -0.05) is 50.8 Å². The van der Waals surface area contributed by atoms with Crippen molar-refractivity contribution in [1.82, 2.24) is 0 Å². The summed E-state index contributed by atoms with van der Waals surface area (Å²) in [6.45, 7) is 6.04. The maximum atomic E-state index is 11.0. The SMILES string of the molecule is C=CC(=O)OCCCCCCCC1CCC(c2ccc(OCCCOC3CO3)cc2)CC1. The van der Waals surface area contributed by atoms with Gasteiger partial charge in [-0.3, -0.25) is 0 Å². The summed E-state index contributed by atoms with van der Waals surface area (Å²) in [5.41, 5.74) is 1.46. The Morgan fingerprint density at radius 3 is 2.38 bits per heavy atom. The quantitative estimate of drug-likeness (QED) is 0.132. The summed E-state index contributed by atoms with van der Waals surface area (Å²) in [6.07, 6.45) is 14.8. The lowest BCUT2D eigenvalue weighted by Crippen LogP contribution is -2.13. The summed E-state index contributed by atoms with van der Waals surface area (Å²) in [5, 5.41) is 0. The monoisotopic (exact) mass is 444 g/mol. The van der Waals surface area contributed by atoms with Crippen LogP contribution < -0.4 is 4.74 Å². The van der Waals surface area contributed by atoms with Gasteiger partial charge in [0.2, 0.25) is 0 Å². The van der Waals surface area contributed by atoms with Crippen molar-refractivity contribution in [3.8, 4) is 5.75 Å². The van der Waals surface area contributed by atoms with Crippen LogP contribution in [0.3, 0.4) is 0 Å². The molecule has 1 saturated heterocycles. The van der Waals surface area contributed by atoms with Crippen LogP contribution in [0.4, 0.5) is 0 Å². The Bertz CT molecular complexity index is 659. The summed E-state index contributed by atoms with van der Waals surface area (Å²) >= 11 is 0. The Kier molecular flexibility index (Phi) is 11.1. The molecule has 0 bridgehead atoms. The molecule has 1 unspecified atom stereocenters. The highest BCUT2D eigenvalue weighted by Gasteiger charge is 2.23. The Balaban J connectivity index is 1.20. The molecule has 1 heterocycles. The van der Waals surface area contributed by atoms with E-state index in [9.17, 15) is 4.79 Å². The van der Waals surface area contributed by atoms with E-state index in [0.717, 1.165) is 37.5 Å². The van der Waals surface area contributed by atoms with Crippen molar-refractivity contribution in [2.24, 2.45) is 5.92 Å². The zero-order chi connectivity index (χ0) is 22.4. The highest BCUT2D eigenvalue weighted by Crippen LogP contribution is 2.38. The second-order valence-electron chi connectivity index (χ2n) is 9.05. The Morgan fingerprint density at radius 1 is 0.938 bits per heavy atom. The Morgan fingerprint density at radius 2 is 1.66 bits per heavy atom. The fraction of sp³-hybridized carbons (Fsp3) is 0.667. The number of rotatable bonds is 16. The average Bonchev–Trinajstić information content (AvgIpc) is 3.66. The summed E-state index contributed by atoms with van der Waals surface area (Å²) in [5.74, 6) is 2.23. The molecule has 1 aliphatic carbocycles. The normalized spacial score (nSPS) is 22.3. The molecule has 1 saturated carbocycles. The van der Waals surface area contributed by atoms with E-state index in [2.05, 4.69) is 30.8 Å². The van der Waals surface area contributed by atoms with Crippen LogP contribution in [0.1, 0.15) is 82.1 Å². The molecule has 0 aromatic heterocycles. The van der Waals surface area contributed by atoms with Gasteiger partial charge in [-0.05, 0) is 61.6 Å². The lowest BCUT2D eigenvalue weighted by molar-refractivity contribution is -0.137. The van der Waals surface area contributed by atoms with E-state index in [1.165, 1.54) is 63.0 Å². The van der Waals surface area contributed by atoms with Gasteiger partial charge in [-0.15, -0.1) is 0 Å². The first-order valence-corrected chi connectivity index (χ1v) is 12.5. The third-order valence-electron chi connectivity index (χ3n) is 6.53. The van der Waals surface area contributed by atoms with E-state index in [1.54, 1.807) is 0 Å². The Hall–Kier alpha value is -1.85. The number of carbonyl (C=O) groups excluding carboxylic acids is 1. The number of carbonyl (C=O) groups is 1. The molecule has 1 aromatic carbocycles. The van der Waals surface area contributed by atoms with Gasteiger partial charge in [0.1, 0.15) is 12.4 Å². The van der Waals surface area contributed by atoms with Crippen molar-refractivity contribution in [2.45, 2.75) is 82.8 Å². The molecule has 1 aliphatic heterocycles. The number of benzene rings is 1. The van der Waals surface area contributed by atoms with Gasteiger partial charge >= 0.3 is 5.97 Å². The van der Waals surface area contributed by atoms with Crippen molar-refractivity contribution < 1.29 is 23.7 Å². The van der Waals surface area contributed by atoms with Crippen LogP contribution in [-0.2, 0) is 19.0 Å².